The van der Waals surface area contributed by atoms with Gasteiger partial charge in [-0.05, 0) is 68.5 Å². The lowest BCUT2D eigenvalue weighted by molar-refractivity contribution is -0.116. The van der Waals surface area contributed by atoms with E-state index in [1.807, 2.05) is 45.0 Å². The maximum Gasteiger partial charge on any atom is 0.263 e. The number of benzene rings is 2. The van der Waals surface area contributed by atoms with Crippen molar-refractivity contribution in [2.75, 3.05) is 5.32 Å². The topological polar surface area (TPSA) is 64.0 Å². The van der Waals surface area contributed by atoms with Gasteiger partial charge >= 0.3 is 0 Å². The zero-order valence-electron chi connectivity index (χ0n) is 18.4. The van der Waals surface area contributed by atoms with Crippen LogP contribution in [0.4, 0.5) is 5.69 Å². The van der Waals surface area contributed by atoms with Crippen molar-refractivity contribution in [3.63, 3.8) is 0 Å². The summed E-state index contributed by atoms with van der Waals surface area (Å²) in [6.45, 7) is 10.0. The fourth-order valence-electron chi connectivity index (χ4n) is 3.73. The zero-order chi connectivity index (χ0) is 22.3. The van der Waals surface area contributed by atoms with Gasteiger partial charge in [0.15, 0.2) is 0 Å². The van der Waals surface area contributed by atoms with Crippen LogP contribution in [-0.4, -0.2) is 15.5 Å². The van der Waals surface area contributed by atoms with Crippen LogP contribution in [0.1, 0.15) is 27.1 Å². The molecule has 0 aliphatic carbocycles. The maximum atomic E-state index is 13.3. The normalized spacial score (nSPS) is 11.1. The van der Waals surface area contributed by atoms with Crippen molar-refractivity contribution in [1.29, 1.82) is 0 Å². The third kappa shape index (κ3) is 3.91. The van der Waals surface area contributed by atoms with Gasteiger partial charge in [0.2, 0.25) is 5.91 Å². The highest BCUT2D eigenvalue weighted by Crippen LogP contribution is 2.36. The van der Waals surface area contributed by atoms with E-state index in [1.54, 1.807) is 0 Å². The second kappa shape index (κ2) is 8.12. The number of fused-ring (bicyclic) bond motifs is 1. The third-order valence-corrected chi connectivity index (χ3v) is 6.86. The molecule has 0 aliphatic heterocycles. The number of hydrogen-bond acceptors (Lipinski definition) is 4. The van der Waals surface area contributed by atoms with E-state index in [0.717, 1.165) is 32.8 Å². The number of rotatable bonds is 4. The summed E-state index contributed by atoms with van der Waals surface area (Å²) in [6, 6.07) is 12.0. The number of thiophene rings is 1. The SMILES string of the molecule is Cc1ccc(-c2c(C)sc3ncn(CC(=O)Nc4cccc(C)c4C)c(=O)c23)cc1C. The first-order valence-corrected chi connectivity index (χ1v) is 11.0. The van der Waals surface area contributed by atoms with Crippen molar-refractivity contribution >= 4 is 33.1 Å². The molecule has 5 nitrogen and oxygen atoms in total. The molecule has 0 saturated carbocycles. The quantitative estimate of drug-likeness (QED) is 0.476. The highest BCUT2D eigenvalue weighted by molar-refractivity contribution is 7.19. The molecule has 0 bridgehead atoms. The molecule has 0 aliphatic rings. The Balaban J connectivity index is 1.72. The molecular formula is C25H25N3O2S. The van der Waals surface area contributed by atoms with Crippen molar-refractivity contribution in [2.45, 2.75) is 41.2 Å². The van der Waals surface area contributed by atoms with Gasteiger partial charge in [0.25, 0.3) is 5.56 Å². The van der Waals surface area contributed by atoms with E-state index in [9.17, 15) is 9.59 Å². The van der Waals surface area contributed by atoms with E-state index in [4.69, 9.17) is 0 Å². The van der Waals surface area contributed by atoms with Gasteiger partial charge in [-0.3, -0.25) is 14.2 Å². The average Bonchev–Trinajstić information content (AvgIpc) is 3.06. The standard InChI is InChI=1S/C25H25N3O2S/c1-14-9-10-19(11-16(14)3)22-18(5)31-24-23(22)25(30)28(13-26-24)12-21(29)27-20-8-6-7-15(2)17(20)4/h6-11,13H,12H2,1-5H3,(H,27,29). The Morgan fingerprint density at radius 2 is 1.81 bits per heavy atom. The smallest absolute Gasteiger partial charge is 0.263 e. The molecule has 6 heteroatoms. The number of hydrogen-bond donors (Lipinski definition) is 1. The summed E-state index contributed by atoms with van der Waals surface area (Å²) in [5, 5.41) is 3.49. The molecule has 2 heterocycles. The molecule has 158 valence electrons. The molecule has 0 saturated heterocycles. The minimum Gasteiger partial charge on any atom is -0.324 e. The number of carbonyl (C=O) groups is 1. The van der Waals surface area contributed by atoms with E-state index in [0.29, 0.717) is 10.2 Å². The van der Waals surface area contributed by atoms with Crippen LogP contribution in [0.5, 0.6) is 0 Å². The number of nitrogens with zero attached hydrogens (tertiary/aromatic N) is 2. The molecule has 4 aromatic rings. The molecule has 0 atom stereocenters. The molecule has 0 radical (unpaired) electrons. The minimum atomic E-state index is -0.253. The molecule has 2 aromatic carbocycles. The van der Waals surface area contributed by atoms with Gasteiger partial charge < -0.3 is 5.32 Å². The van der Waals surface area contributed by atoms with Crippen LogP contribution in [-0.2, 0) is 11.3 Å². The van der Waals surface area contributed by atoms with Crippen LogP contribution in [0.2, 0.25) is 0 Å². The molecule has 4 rings (SSSR count). The minimum absolute atomic E-state index is 0.0869. The largest absolute Gasteiger partial charge is 0.324 e. The van der Waals surface area contributed by atoms with E-state index >= 15 is 0 Å². The monoisotopic (exact) mass is 431 g/mol. The Kier molecular flexibility index (Phi) is 5.50. The summed E-state index contributed by atoms with van der Waals surface area (Å²) in [7, 11) is 0. The first-order valence-electron chi connectivity index (χ1n) is 10.2. The van der Waals surface area contributed by atoms with Crippen LogP contribution in [0.25, 0.3) is 21.3 Å². The number of anilines is 1. The van der Waals surface area contributed by atoms with Crippen LogP contribution in [0, 0.1) is 34.6 Å². The number of carbonyl (C=O) groups excluding carboxylic acids is 1. The van der Waals surface area contributed by atoms with Gasteiger partial charge in [-0.1, -0.05) is 30.3 Å². The lowest BCUT2D eigenvalue weighted by Crippen LogP contribution is -2.28. The van der Waals surface area contributed by atoms with Crippen molar-refractivity contribution in [2.24, 2.45) is 0 Å². The summed E-state index contributed by atoms with van der Waals surface area (Å²) in [4.78, 5) is 32.2. The Morgan fingerprint density at radius 3 is 2.55 bits per heavy atom. The Bertz CT molecular complexity index is 1380. The Hall–Kier alpha value is -3.25. The third-order valence-electron chi connectivity index (χ3n) is 5.84. The van der Waals surface area contributed by atoms with Crippen LogP contribution < -0.4 is 10.9 Å². The molecular weight excluding hydrogens is 406 g/mol. The summed E-state index contributed by atoms with van der Waals surface area (Å²) in [5.41, 5.74) is 6.97. The van der Waals surface area contributed by atoms with Gasteiger partial charge in [-0.2, -0.15) is 0 Å². The van der Waals surface area contributed by atoms with Crippen LogP contribution in [0.3, 0.4) is 0 Å². The van der Waals surface area contributed by atoms with Crippen LogP contribution >= 0.6 is 11.3 Å². The van der Waals surface area contributed by atoms with Crippen LogP contribution in [0.15, 0.2) is 47.5 Å². The highest BCUT2D eigenvalue weighted by Gasteiger charge is 2.18. The lowest BCUT2D eigenvalue weighted by atomic mass is 9.99. The van der Waals surface area contributed by atoms with Gasteiger partial charge in [-0.15, -0.1) is 11.3 Å². The summed E-state index contributed by atoms with van der Waals surface area (Å²) >= 11 is 1.51. The maximum absolute atomic E-state index is 13.3. The van der Waals surface area contributed by atoms with Crippen molar-refractivity contribution in [3.8, 4) is 11.1 Å². The number of aryl methyl sites for hydroxylation is 4. The van der Waals surface area contributed by atoms with Gasteiger partial charge in [0, 0.05) is 16.1 Å². The van der Waals surface area contributed by atoms with Crippen molar-refractivity contribution < 1.29 is 4.79 Å². The van der Waals surface area contributed by atoms with Gasteiger partial charge in [-0.25, -0.2) is 4.98 Å². The zero-order valence-corrected chi connectivity index (χ0v) is 19.2. The second-order valence-electron chi connectivity index (χ2n) is 7.99. The molecule has 0 fully saturated rings. The predicted molar refractivity (Wildman–Crippen MR) is 128 cm³/mol. The summed E-state index contributed by atoms with van der Waals surface area (Å²) < 4.78 is 1.39. The molecule has 1 amide bonds. The highest BCUT2D eigenvalue weighted by atomic mass is 32.1. The second-order valence-corrected chi connectivity index (χ2v) is 9.19. The fourth-order valence-corrected chi connectivity index (χ4v) is 4.73. The molecule has 0 unspecified atom stereocenters. The van der Waals surface area contributed by atoms with E-state index in [2.05, 4.69) is 36.3 Å². The van der Waals surface area contributed by atoms with E-state index < -0.39 is 0 Å². The molecule has 31 heavy (non-hydrogen) atoms. The Morgan fingerprint density at radius 1 is 1.03 bits per heavy atom. The Labute approximate surface area is 185 Å². The van der Waals surface area contributed by atoms with Crippen molar-refractivity contribution in [3.05, 3.63) is 80.2 Å². The average molecular weight is 432 g/mol. The first-order chi connectivity index (χ1) is 14.8. The summed E-state index contributed by atoms with van der Waals surface area (Å²) in [5.74, 6) is -0.253. The molecule has 2 aromatic heterocycles. The molecule has 0 spiro atoms. The predicted octanol–water partition coefficient (Wildman–Crippen LogP) is 5.31. The summed E-state index contributed by atoms with van der Waals surface area (Å²) in [6.07, 6.45) is 1.47. The number of aromatic nitrogens is 2. The molecule has 1 N–H and O–H groups in total. The number of nitrogens with one attached hydrogen (secondary N) is 1. The fraction of sp³-hybridized carbons (Fsp3) is 0.240. The van der Waals surface area contributed by atoms with Gasteiger partial charge in [0.05, 0.1) is 11.7 Å². The van der Waals surface area contributed by atoms with Crippen molar-refractivity contribution in [1.82, 2.24) is 9.55 Å². The van der Waals surface area contributed by atoms with Gasteiger partial charge in [0.1, 0.15) is 11.4 Å². The lowest BCUT2D eigenvalue weighted by Gasteiger charge is -2.11. The van der Waals surface area contributed by atoms with E-state index in [1.165, 1.54) is 33.4 Å². The number of amides is 1. The van der Waals surface area contributed by atoms with E-state index in [-0.39, 0.29) is 18.0 Å². The first kappa shape index (κ1) is 21.0.